The number of anilines is 1. The Morgan fingerprint density at radius 1 is 1.12 bits per heavy atom. The fourth-order valence-corrected chi connectivity index (χ4v) is 1.16. The standard InChI is InChI=1S/C10H11N3O.2ClH/c11-5-9-6-14-10(13-9)7-1-3-8(12)4-2-7;;/h1-4,6H,5,11-12H2;2*1H. The Morgan fingerprint density at radius 2 is 1.75 bits per heavy atom. The van der Waals surface area contributed by atoms with E-state index >= 15 is 0 Å². The van der Waals surface area contributed by atoms with Crippen LogP contribution in [0.25, 0.3) is 11.5 Å². The molecule has 1 heterocycles. The molecular formula is C10H13Cl2N3O. The van der Waals surface area contributed by atoms with Crippen molar-refractivity contribution in [2.45, 2.75) is 6.54 Å². The van der Waals surface area contributed by atoms with Gasteiger partial charge >= 0.3 is 0 Å². The average Bonchev–Trinajstić information content (AvgIpc) is 2.67. The van der Waals surface area contributed by atoms with Gasteiger partial charge in [-0.25, -0.2) is 4.98 Å². The Kier molecular flexibility index (Phi) is 5.88. The molecule has 0 aliphatic rings. The molecule has 1 aromatic heterocycles. The second-order valence-electron chi connectivity index (χ2n) is 2.97. The van der Waals surface area contributed by atoms with Gasteiger partial charge in [-0.1, -0.05) is 0 Å². The lowest BCUT2D eigenvalue weighted by Crippen LogP contribution is -1.95. The van der Waals surface area contributed by atoms with Crippen LogP contribution >= 0.6 is 24.8 Å². The van der Waals surface area contributed by atoms with Gasteiger partial charge in [0.25, 0.3) is 0 Å². The zero-order valence-electron chi connectivity index (χ0n) is 8.42. The van der Waals surface area contributed by atoms with Crippen LogP contribution in [-0.4, -0.2) is 4.98 Å². The lowest BCUT2D eigenvalue weighted by molar-refractivity contribution is 0.572. The first-order valence-corrected chi connectivity index (χ1v) is 4.30. The quantitative estimate of drug-likeness (QED) is 0.813. The topological polar surface area (TPSA) is 78.1 Å². The van der Waals surface area contributed by atoms with E-state index in [1.807, 2.05) is 24.3 Å². The molecule has 6 heteroatoms. The zero-order chi connectivity index (χ0) is 9.97. The summed E-state index contributed by atoms with van der Waals surface area (Å²) in [5, 5.41) is 0. The molecule has 88 valence electrons. The van der Waals surface area contributed by atoms with Crippen molar-refractivity contribution >= 4 is 30.5 Å². The van der Waals surface area contributed by atoms with Crippen LogP contribution in [-0.2, 0) is 6.54 Å². The fourth-order valence-electron chi connectivity index (χ4n) is 1.16. The van der Waals surface area contributed by atoms with Gasteiger partial charge < -0.3 is 15.9 Å². The van der Waals surface area contributed by atoms with Gasteiger partial charge in [-0.05, 0) is 24.3 Å². The number of rotatable bonds is 2. The molecule has 0 aliphatic carbocycles. The van der Waals surface area contributed by atoms with Gasteiger partial charge in [0, 0.05) is 17.8 Å². The number of halogens is 2. The fraction of sp³-hybridized carbons (Fsp3) is 0.100. The molecule has 2 aromatic rings. The van der Waals surface area contributed by atoms with E-state index in [0.717, 1.165) is 16.9 Å². The number of nitrogen functional groups attached to an aromatic ring is 1. The minimum atomic E-state index is 0. The normalized spacial score (nSPS) is 9.06. The van der Waals surface area contributed by atoms with E-state index in [-0.39, 0.29) is 24.8 Å². The first-order valence-electron chi connectivity index (χ1n) is 4.30. The predicted molar refractivity (Wildman–Crippen MR) is 68.7 cm³/mol. The van der Waals surface area contributed by atoms with Crippen molar-refractivity contribution in [2.24, 2.45) is 5.73 Å². The monoisotopic (exact) mass is 261 g/mol. The van der Waals surface area contributed by atoms with Crippen molar-refractivity contribution in [1.82, 2.24) is 4.98 Å². The summed E-state index contributed by atoms with van der Waals surface area (Å²) in [5.74, 6) is 0.574. The van der Waals surface area contributed by atoms with E-state index in [1.165, 1.54) is 0 Å². The van der Waals surface area contributed by atoms with E-state index in [4.69, 9.17) is 15.9 Å². The Bertz CT molecular complexity index is 428. The maximum atomic E-state index is 5.57. The highest BCUT2D eigenvalue weighted by atomic mass is 35.5. The molecule has 16 heavy (non-hydrogen) atoms. The van der Waals surface area contributed by atoms with Gasteiger partial charge in [-0.3, -0.25) is 0 Å². The zero-order valence-corrected chi connectivity index (χ0v) is 10.1. The summed E-state index contributed by atoms with van der Waals surface area (Å²) in [7, 11) is 0. The van der Waals surface area contributed by atoms with E-state index in [1.54, 1.807) is 6.26 Å². The highest BCUT2D eigenvalue weighted by Crippen LogP contribution is 2.19. The minimum absolute atomic E-state index is 0. The third-order valence-corrected chi connectivity index (χ3v) is 1.92. The molecule has 0 aliphatic heterocycles. The predicted octanol–water partition coefficient (Wildman–Crippen LogP) is 2.23. The highest BCUT2D eigenvalue weighted by Gasteiger charge is 2.04. The summed E-state index contributed by atoms with van der Waals surface area (Å²) in [6.45, 7) is 0.387. The third-order valence-electron chi connectivity index (χ3n) is 1.92. The molecule has 0 fully saturated rings. The van der Waals surface area contributed by atoms with Crippen LogP contribution in [0, 0.1) is 0 Å². The summed E-state index contributed by atoms with van der Waals surface area (Å²) >= 11 is 0. The van der Waals surface area contributed by atoms with Crippen molar-refractivity contribution in [3.05, 3.63) is 36.2 Å². The van der Waals surface area contributed by atoms with Crippen molar-refractivity contribution in [2.75, 3.05) is 5.73 Å². The molecule has 0 saturated heterocycles. The van der Waals surface area contributed by atoms with Crippen molar-refractivity contribution in [3.8, 4) is 11.5 Å². The van der Waals surface area contributed by atoms with E-state index in [9.17, 15) is 0 Å². The molecule has 0 bridgehead atoms. The molecule has 0 amide bonds. The lowest BCUT2D eigenvalue weighted by Gasteiger charge is -1.95. The van der Waals surface area contributed by atoms with Crippen molar-refractivity contribution in [3.63, 3.8) is 0 Å². The molecule has 0 spiro atoms. The molecule has 0 unspecified atom stereocenters. The Labute approximate surface area is 106 Å². The maximum absolute atomic E-state index is 5.57. The minimum Gasteiger partial charge on any atom is -0.444 e. The average molecular weight is 262 g/mol. The van der Waals surface area contributed by atoms with Gasteiger partial charge in [0.05, 0.1) is 5.69 Å². The van der Waals surface area contributed by atoms with Gasteiger partial charge in [0.2, 0.25) is 5.89 Å². The van der Waals surface area contributed by atoms with Crippen molar-refractivity contribution in [1.29, 1.82) is 0 Å². The number of hydrogen-bond donors (Lipinski definition) is 2. The number of nitrogens with two attached hydrogens (primary N) is 2. The van der Waals surface area contributed by atoms with E-state index in [0.29, 0.717) is 12.4 Å². The molecule has 4 N–H and O–H groups in total. The number of oxazole rings is 1. The first-order chi connectivity index (χ1) is 6.79. The highest BCUT2D eigenvalue weighted by molar-refractivity contribution is 5.85. The summed E-state index contributed by atoms with van der Waals surface area (Å²) in [4.78, 5) is 4.20. The summed E-state index contributed by atoms with van der Waals surface area (Å²) in [6, 6.07) is 7.34. The number of nitrogens with zero attached hydrogens (tertiary/aromatic N) is 1. The van der Waals surface area contributed by atoms with Crippen LogP contribution in [0.5, 0.6) is 0 Å². The third kappa shape index (κ3) is 3.13. The van der Waals surface area contributed by atoms with E-state index in [2.05, 4.69) is 4.98 Å². The maximum Gasteiger partial charge on any atom is 0.226 e. The van der Waals surface area contributed by atoms with Crippen LogP contribution in [0.15, 0.2) is 34.9 Å². The molecule has 0 atom stereocenters. The second-order valence-corrected chi connectivity index (χ2v) is 2.97. The number of hydrogen-bond acceptors (Lipinski definition) is 4. The van der Waals surface area contributed by atoms with Crippen molar-refractivity contribution < 1.29 is 4.42 Å². The van der Waals surface area contributed by atoms with Gasteiger partial charge in [0.15, 0.2) is 0 Å². The number of benzene rings is 1. The molecule has 1 aromatic carbocycles. The molecule has 0 saturated carbocycles. The number of aromatic nitrogens is 1. The SMILES string of the molecule is Cl.Cl.NCc1coc(-c2ccc(N)cc2)n1. The van der Waals surface area contributed by atoms with Crippen LogP contribution < -0.4 is 11.5 Å². The van der Waals surface area contributed by atoms with Crippen LogP contribution in [0.2, 0.25) is 0 Å². The van der Waals surface area contributed by atoms with E-state index < -0.39 is 0 Å². The molecular weight excluding hydrogens is 249 g/mol. The first kappa shape index (κ1) is 14.8. The van der Waals surface area contributed by atoms with Crippen LogP contribution in [0.1, 0.15) is 5.69 Å². The Balaban J connectivity index is 0.00000112. The van der Waals surface area contributed by atoms with Crippen LogP contribution in [0.3, 0.4) is 0 Å². The van der Waals surface area contributed by atoms with Gasteiger partial charge in [-0.2, -0.15) is 0 Å². The smallest absolute Gasteiger partial charge is 0.226 e. The van der Waals surface area contributed by atoms with Gasteiger partial charge in [-0.15, -0.1) is 24.8 Å². The molecule has 2 rings (SSSR count). The van der Waals surface area contributed by atoms with Crippen LogP contribution in [0.4, 0.5) is 5.69 Å². The Morgan fingerprint density at radius 3 is 2.25 bits per heavy atom. The molecule has 4 nitrogen and oxygen atoms in total. The molecule has 0 radical (unpaired) electrons. The largest absolute Gasteiger partial charge is 0.444 e. The Hall–Kier alpha value is -1.23. The lowest BCUT2D eigenvalue weighted by atomic mass is 10.2. The summed E-state index contributed by atoms with van der Waals surface area (Å²) in [6.07, 6.45) is 1.56. The second kappa shape index (κ2) is 6.37. The van der Waals surface area contributed by atoms with Gasteiger partial charge in [0.1, 0.15) is 6.26 Å². The summed E-state index contributed by atoms with van der Waals surface area (Å²) in [5.41, 5.74) is 13.4. The summed E-state index contributed by atoms with van der Waals surface area (Å²) < 4.78 is 5.25.